The summed E-state index contributed by atoms with van der Waals surface area (Å²) in [5.41, 5.74) is 2.20. The lowest BCUT2D eigenvalue weighted by Crippen LogP contribution is -2.21. The molecule has 1 rings (SSSR count). The van der Waals surface area contributed by atoms with Crippen LogP contribution in [0.3, 0.4) is 0 Å². The minimum Gasteiger partial charge on any atom is -0.309 e. The van der Waals surface area contributed by atoms with Crippen molar-refractivity contribution >= 4 is 0 Å². The van der Waals surface area contributed by atoms with Gasteiger partial charge in [0.25, 0.3) is 0 Å². The van der Waals surface area contributed by atoms with E-state index >= 15 is 0 Å². The summed E-state index contributed by atoms with van der Waals surface area (Å²) in [7, 11) is 0. The van der Waals surface area contributed by atoms with Crippen LogP contribution in [-0.4, -0.2) is 16.2 Å². The molecule has 0 unspecified atom stereocenters. The molecule has 3 nitrogen and oxygen atoms in total. The molecule has 0 amide bonds. The van der Waals surface area contributed by atoms with Crippen LogP contribution in [0.15, 0.2) is 6.07 Å². The van der Waals surface area contributed by atoms with Crippen LogP contribution in [0.25, 0.3) is 0 Å². The van der Waals surface area contributed by atoms with Gasteiger partial charge in [0, 0.05) is 18.3 Å². The van der Waals surface area contributed by atoms with Crippen LogP contribution in [0, 0.1) is 6.92 Å². The first-order chi connectivity index (χ1) is 5.18. The van der Waals surface area contributed by atoms with Gasteiger partial charge in [0.2, 0.25) is 0 Å². The van der Waals surface area contributed by atoms with E-state index in [4.69, 9.17) is 0 Å². The van der Waals surface area contributed by atoms with Gasteiger partial charge in [-0.25, -0.2) is 0 Å². The van der Waals surface area contributed by atoms with Crippen molar-refractivity contribution in [3.8, 4) is 0 Å². The number of rotatable bonds is 3. The Labute approximate surface area is 67.2 Å². The van der Waals surface area contributed by atoms with Crippen molar-refractivity contribution in [2.75, 3.05) is 0 Å². The molecule has 0 aliphatic rings. The van der Waals surface area contributed by atoms with Gasteiger partial charge >= 0.3 is 0 Å². The monoisotopic (exact) mass is 153 g/mol. The maximum absolute atomic E-state index is 4.10. The molecular weight excluding hydrogens is 138 g/mol. The molecule has 62 valence electrons. The van der Waals surface area contributed by atoms with E-state index in [1.165, 1.54) is 0 Å². The molecule has 0 aromatic carbocycles. The van der Waals surface area contributed by atoms with Gasteiger partial charge in [0.1, 0.15) is 0 Å². The van der Waals surface area contributed by atoms with Crippen molar-refractivity contribution in [1.82, 2.24) is 15.5 Å². The van der Waals surface area contributed by atoms with Crippen molar-refractivity contribution < 1.29 is 0 Å². The summed E-state index contributed by atoms with van der Waals surface area (Å²) >= 11 is 0. The van der Waals surface area contributed by atoms with Gasteiger partial charge in [0.15, 0.2) is 0 Å². The highest BCUT2D eigenvalue weighted by atomic mass is 15.1. The highest BCUT2D eigenvalue weighted by Crippen LogP contribution is 1.96. The fourth-order valence-electron chi connectivity index (χ4n) is 0.874. The molecule has 0 atom stereocenters. The number of nitrogens with zero attached hydrogens (tertiary/aromatic N) is 1. The zero-order chi connectivity index (χ0) is 8.27. The van der Waals surface area contributed by atoms with Crippen LogP contribution in [0.1, 0.15) is 25.2 Å². The van der Waals surface area contributed by atoms with Gasteiger partial charge in [-0.05, 0) is 13.0 Å². The fourth-order valence-corrected chi connectivity index (χ4v) is 0.874. The Bertz CT molecular complexity index is 215. The quantitative estimate of drug-likeness (QED) is 0.685. The zero-order valence-corrected chi connectivity index (χ0v) is 7.31. The molecular formula is C8H15N3. The van der Waals surface area contributed by atoms with E-state index in [-0.39, 0.29) is 0 Å². The van der Waals surface area contributed by atoms with Crippen LogP contribution in [0.5, 0.6) is 0 Å². The Hall–Kier alpha value is -0.830. The Balaban J connectivity index is 2.39. The lowest BCUT2D eigenvalue weighted by Gasteiger charge is -2.04. The Morgan fingerprint density at radius 1 is 1.64 bits per heavy atom. The number of aromatic amines is 1. The Morgan fingerprint density at radius 3 is 2.82 bits per heavy atom. The minimum absolute atomic E-state index is 0.520. The Morgan fingerprint density at radius 2 is 2.36 bits per heavy atom. The van der Waals surface area contributed by atoms with Gasteiger partial charge in [-0.3, -0.25) is 5.10 Å². The van der Waals surface area contributed by atoms with E-state index in [0.29, 0.717) is 6.04 Å². The lowest BCUT2D eigenvalue weighted by molar-refractivity contribution is 0.580. The highest BCUT2D eigenvalue weighted by Gasteiger charge is 1.97. The fraction of sp³-hybridized carbons (Fsp3) is 0.625. The summed E-state index contributed by atoms with van der Waals surface area (Å²) in [6.45, 7) is 7.10. The molecule has 1 heterocycles. The third-order valence-electron chi connectivity index (χ3n) is 1.45. The molecule has 0 fully saturated rings. The van der Waals surface area contributed by atoms with Crippen molar-refractivity contribution in [3.63, 3.8) is 0 Å². The molecule has 1 aromatic rings. The first-order valence-electron chi connectivity index (χ1n) is 3.93. The second kappa shape index (κ2) is 3.53. The summed E-state index contributed by atoms with van der Waals surface area (Å²) in [6, 6.07) is 2.57. The molecule has 0 radical (unpaired) electrons. The number of hydrogen-bond acceptors (Lipinski definition) is 2. The van der Waals surface area contributed by atoms with Crippen molar-refractivity contribution in [1.29, 1.82) is 0 Å². The summed E-state index contributed by atoms with van der Waals surface area (Å²) in [5, 5.41) is 10.3. The van der Waals surface area contributed by atoms with E-state index in [0.717, 1.165) is 17.9 Å². The Kier molecular flexibility index (Phi) is 2.65. The third-order valence-corrected chi connectivity index (χ3v) is 1.45. The van der Waals surface area contributed by atoms with Crippen LogP contribution >= 0.6 is 0 Å². The molecule has 0 aliphatic heterocycles. The van der Waals surface area contributed by atoms with Crippen LogP contribution in [0.2, 0.25) is 0 Å². The van der Waals surface area contributed by atoms with Gasteiger partial charge in [-0.1, -0.05) is 13.8 Å². The van der Waals surface area contributed by atoms with Crippen molar-refractivity contribution in [2.45, 2.75) is 33.4 Å². The minimum atomic E-state index is 0.520. The number of H-pyrrole nitrogens is 1. The zero-order valence-electron chi connectivity index (χ0n) is 7.31. The van der Waals surface area contributed by atoms with Gasteiger partial charge < -0.3 is 5.32 Å². The molecule has 0 spiro atoms. The number of aromatic nitrogens is 2. The van der Waals surface area contributed by atoms with Crippen LogP contribution < -0.4 is 5.32 Å². The van der Waals surface area contributed by atoms with E-state index in [2.05, 4.69) is 35.4 Å². The van der Waals surface area contributed by atoms with E-state index in [1.54, 1.807) is 0 Å². The van der Waals surface area contributed by atoms with Crippen LogP contribution in [-0.2, 0) is 6.54 Å². The van der Waals surface area contributed by atoms with Gasteiger partial charge in [-0.2, -0.15) is 5.10 Å². The third kappa shape index (κ3) is 2.72. The lowest BCUT2D eigenvalue weighted by atomic mass is 10.3. The normalized spacial score (nSPS) is 10.9. The first kappa shape index (κ1) is 8.27. The standard InChI is InChI=1S/C8H15N3/c1-6(2)9-5-8-4-7(3)10-11-8/h4,6,9H,5H2,1-3H3,(H,10,11). The molecule has 0 saturated carbocycles. The molecule has 0 saturated heterocycles. The predicted molar refractivity (Wildman–Crippen MR) is 45.3 cm³/mol. The number of hydrogen-bond donors (Lipinski definition) is 2. The topological polar surface area (TPSA) is 40.7 Å². The molecule has 3 heteroatoms. The molecule has 0 bridgehead atoms. The number of nitrogens with one attached hydrogen (secondary N) is 2. The maximum Gasteiger partial charge on any atom is 0.0762 e. The summed E-state index contributed by atoms with van der Waals surface area (Å²) in [5.74, 6) is 0. The van der Waals surface area contributed by atoms with Gasteiger partial charge in [-0.15, -0.1) is 0 Å². The van der Waals surface area contributed by atoms with Gasteiger partial charge in [0.05, 0.1) is 5.69 Å². The molecule has 11 heavy (non-hydrogen) atoms. The largest absolute Gasteiger partial charge is 0.309 e. The van der Waals surface area contributed by atoms with Crippen LogP contribution in [0.4, 0.5) is 0 Å². The van der Waals surface area contributed by atoms with Crippen molar-refractivity contribution in [3.05, 3.63) is 17.5 Å². The smallest absolute Gasteiger partial charge is 0.0762 e. The second-order valence-corrected chi connectivity index (χ2v) is 3.08. The molecule has 2 N–H and O–H groups in total. The van der Waals surface area contributed by atoms with E-state index in [9.17, 15) is 0 Å². The first-order valence-corrected chi connectivity index (χ1v) is 3.93. The predicted octanol–water partition coefficient (Wildman–Crippen LogP) is 1.22. The molecule has 1 aromatic heterocycles. The number of aryl methyl sites for hydroxylation is 1. The average Bonchev–Trinajstić information content (AvgIpc) is 2.31. The summed E-state index contributed by atoms with van der Waals surface area (Å²) < 4.78 is 0. The average molecular weight is 153 g/mol. The molecule has 0 aliphatic carbocycles. The van der Waals surface area contributed by atoms with E-state index < -0.39 is 0 Å². The van der Waals surface area contributed by atoms with E-state index in [1.807, 2.05) is 6.92 Å². The second-order valence-electron chi connectivity index (χ2n) is 3.08. The highest BCUT2D eigenvalue weighted by molar-refractivity contribution is 5.06. The maximum atomic E-state index is 4.10. The van der Waals surface area contributed by atoms with Crippen molar-refractivity contribution in [2.24, 2.45) is 0 Å². The SMILES string of the molecule is Cc1cc(CNC(C)C)n[nH]1. The summed E-state index contributed by atoms with van der Waals surface area (Å²) in [6.07, 6.45) is 0. The summed E-state index contributed by atoms with van der Waals surface area (Å²) in [4.78, 5) is 0.